The normalized spacial score (nSPS) is 26.6. The third kappa shape index (κ3) is 5.80. The van der Waals surface area contributed by atoms with Crippen LogP contribution in [0.3, 0.4) is 0 Å². The molecular formula is C35H37N3O8S2. The minimum Gasteiger partial charge on any atom is -0.493 e. The van der Waals surface area contributed by atoms with Crippen molar-refractivity contribution in [3.63, 3.8) is 0 Å². The molecule has 2 aromatic carbocycles. The fourth-order valence-electron chi connectivity index (χ4n) is 8.37. The highest BCUT2D eigenvalue weighted by molar-refractivity contribution is 8.00. The van der Waals surface area contributed by atoms with Gasteiger partial charge in [-0.1, -0.05) is 41.5 Å². The van der Waals surface area contributed by atoms with E-state index in [1.54, 1.807) is 24.9 Å². The van der Waals surface area contributed by atoms with Gasteiger partial charge in [0.25, 0.3) is 5.91 Å². The van der Waals surface area contributed by atoms with Crippen LogP contribution in [-0.4, -0.2) is 64.2 Å². The number of unbranched alkanes of at least 4 members (excludes halogenated alkanes) is 2. The summed E-state index contributed by atoms with van der Waals surface area (Å²) in [5.74, 6) is -1.42. The van der Waals surface area contributed by atoms with Gasteiger partial charge in [-0.15, -0.1) is 11.8 Å². The Hall–Kier alpha value is -4.10. The molecule has 3 aromatic rings. The number of nitrogens with zero attached hydrogens (tertiary/aromatic N) is 1. The number of aromatic nitrogens is 1. The monoisotopic (exact) mass is 691 g/mol. The summed E-state index contributed by atoms with van der Waals surface area (Å²) in [7, 11) is 1.54. The van der Waals surface area contributed by atoms with Crippen LogP contribution in [0.5, 0.6) is 11.5 Å². The minimum atomic E-state index is -0.847. The van der Waals surface area contributed by atoms with Crippen LogP contribution in [0.4, 0.5) is 5.69 Å². The highest BCUT2D eigenvalue weighted by Gasteiger charge is 2.69. The number of carbonyl (C=O) groups excluding carboxylic acids is 3. The first-order valence-electron chi connectivity index (χ1n) is 16.3. The number of aromatic amines is 1. The van der Waals surface area contributed by atoms with Crippen LogP contribution in [0.25, 0.3) is 0 Å². The van der Waals surface area contributed by atoms with Crippen molar-refractivity contribution in [3.05, 3.63) is 68.1 Å². The molecule has 2 aliphatic heterocycles. The van der Waals surface area contributed by atoms with Crippen molar-refractivity contribution in [1.29, 1.82) is 0 Å². The number of carbonyl (C=O) groups is 4. The van der Waals surface area contributed by atoms with Crippen molar-refractivity contribution in [2.24, 2.45) is 29.6 Å². The van der Waals surface area contributed by atoms with Gasteiger partial charge in [-0.3, -0.25) is 28.9 Å². The molecule has 3 heterocycles. The average Bonchev–Trinajstić information content (AvgIpc) is 3.80. The van der Waals surface area contributed by atoms with Crippen LogP contribution in [0, 0.1) is 36.5 Å². The van der Waals surface area contributed by atoms with Gasteiger partial charge in [-0.05, 0) is 73.8 Å². The summed E-state index contributed by atoms with van der Waals surface area (Å²) in [6.45, 7) is 2.08. The molecular weight excluding hydrogens is 655 g/mol. The summed E-state index contributed by atoms with van der Waals surface area (Å²) in [5, 5.41) is 12.6. The van der Waals surface area contributed by atoms with Gasteiger partial charge in [0.05, 0.1) is 24.0 Å². The SMILES string of the molecule is COc1cc([C@H]2c3sc(=O)[nH]c3SC3C4CC(C5C(=O)N(CCCCCC(=O)O)C(=O)C45)C32)ccc1OCC(=O)Nc1ccc(C)cc1. The standard InChI is InChI=1S/C35H37N3O8S2/c1-17-7-10-19(11-8-17)36-24(39)16-46-22-12-9-18(14-23(22)45-2)26-27-20-15-21(30(27)47-32-31(26)48-35(44)37-32)29-28(20)33(42)38(34(29)43)13-5-3-4-6-25(40)41/h7-12,14,20-21,26-30H,3-6,13,15-16H2,1-2H3,(H,36,39)(H,37,44)(H,40,41)/t20?,21?,26-,27?,28?,29?,30?/m1/s1. The number of thioether (sulfide) groups is 1. The maximum absolute atomic E-state index is 13.8. The number of hydrogen-bond acceptors (Lipinski definition) is 9. The summed E-state index contributed by atoms with van der Waals surface area (Å²) in [6.07, 6.45) is 2.60. The Morgan fingerprint density at radius 3 is 2.48 bits per heavy atom. The number of amides is 3. The van der Waals surface area contributed by atoms with Crippen molar-refractivity contribution in [3.8, 4) is 11.5 Å². The zero-order chi connectivity index (χ0) is 33.7. The summed E-state index contributed by atoms with van der Waals surface area (Å²) in [5.41, 5.74) is 2.69. The van der Waals surface area contributed by atoms with E-state index in [4.69, 9.17) is 14.6 Å². The van der Waals surface area contributed by atoms with Crippen LogP contribution in [0.2, 0.25) is 0 Å². The van der Waals surface area contributed by atoms with Crippen molar-refractivity contribution < 1.29 is 33.8 Å². The second-order valence-corrected chi connectivity index (χ2v) is 15.3. The average molecular weight is 692 g/mol. The minimum absolute atomic E-state index is 0.0130. The van der Waals surface area contributed by atoms with Gasteiger partial charge in [0, 0.05) is 34.7 Å². The molecule has 1 aromatic heterocycles. The molecule has 13 heteroatoms. The summed E-state index contributed by atoms with van der Waals surface area (Å²) in [4.78, 5) is 68.8. The molecule has 1 saturated heterocycles. The number of imide groups is 1. The number of benzene rings is 2. The first-order valence-corrected chi connectivity index (χ1v) is 18.0. The highest BCUT2D eigenvalue weighted by Crippen LogP contribution is 2.68. The van der Waals surface area contributed by atoms with E-state index < -0.39 is 5.97 Å². The fraction of sp³-hybridized carbons (Fsp3) is 0.457. The number of methoxy groups -OCH3 is 1. The number of aryl methyl sites for hydroxylation is 1. The predicted molar refractivity (Wildman–Crippen MR) is 180 cm³/mol. The molecule has 3 fully saturated rings. The van der Waals surface area contributed by atoms with E-state index in [2.05, 4.69) is 10.3 Å². The first-order chi connectivity index (χ1) is 23.1. The number of hydrogen-bond donors (Lipinski definition) is 3. The number of anilines is 1. The molecule has 2 bridgehead atoms. The molecule has 252 valence electrons. The maximum atomic E-state index is 13.8. The molecule has 4 aliphatic rings. The third-order valence-corrected chi connectivity index (χ3v) is 12.9. The number of carboxylic acids is 1. The zero-order valence-electron chi connectivity index (χ0n) is 26.6. The van der Waals surface area contributed by atoms with E-state index in [1.165, 1.54) is 16.2 Å². The number of likely N-dealkylation sites (tertiary alicyclic amines) is 1. The molecule has 7 rings (SSSR count). The number of fused-ring (bicyclic) bond motifs is 9. The van der Waals surface area contributed by atoms with Crippen molar-refractivity contribution >= 4 is 52.5 Å². The Morgan fingerprint density at radius 1 is 1.00 bits per heavy atom. The maximum Gasteiger partial charge on any atom is 0.305 e. The molecule has 2 saturated carbocycles. The smallest absolute Gasteiger partial charge is 0.305 e. The lowest BCUT2D eigenvalue weighted by molar-refractivity contribution is -0.141. The summed E-state index contributed by atoms with van der Waals surface area (Å²) < 4.78 is 11.6. The molecule has 7 atom stereocenters. The molecule has 3 amide bonds. The largest absolute Gasteiger partial charge is 0.493 e. The van der Waals surface area contributed by atoms with Gasteiger partial charge in [-0.25, -0.2) is 0 Å². The number of aliphatic carboxylic acids is 1. The van der Waals surface area contributed by atoms with Crippen LogP contribution >= 0.6 is 23.1 Å². The Labute approximate surface area is 285 Å². The van der Waals surface area contributed by atoms with E-state index in [0.29, 0.717) is 43.0 Å². The van der Waals surface area contributed by atoms with Gasteiger partial charge in [0.2, 0.25) is 11.8 Å². The Kier molecular flexibility index (Phi) is 8.84. The first kappa shape index (κ1) is 32.4. The molecule has 48 heavy (non-hydrogen) atoms. The van der Waals surface area contributed by atoms with Crippen LogP contribution in [0.1, 0.15) is 54.0 Å². The third-order valence-electron chi connectivity index (χ3n) is 10.3. The molecule has 3 N–H and O–H groups in total. The zero-order valence-corrected chi connectivity index (χ0v) is 28.2. The fourth-order valence-corrected chi connectivity index (χ4v) is 11.3. The van der Waals surface area contributed by atoms with Gasteiger partial charge < -0.3 is 24.9 Å². The molecule has 0 spiro atoms. The summed E-state index contributed by atoms with van der Waals surface area (Å²) >= 11 is 2.82. The lowest BCUT2D eigenvalue weighted by atomic mass is 9.68. The molecule has 6 unspecified atom stereocenters. The highest BCUT2D eigenvalue weighted by atomic mass is 32.2. The van der Waals surface area contributed by atoms with Gasteiger partial charge in [0.15, 0.2) is 18.1 Å². The second kappa shape index (κ2) is 13.1. The lowest BCUT2D eigenvalue weighted by Gasteiger charge is -2.43. The van der Waals surface area contributed by atoms with E-state index >= 15 is 0 Å². The van der Waals surface area contributed by atoms with Crippen molar-refractivity contribution in [1.82, 2.24) is 9.88 Å². The number of thiazole rings is 1. The van der Waals surface area contributed by atoms with Crippen LogP contribution in [0.15, 0.2) is 52.3 Å². The van der Waals surface area contributed by atoms with Gasteiger partial charge >= 0.3 is 10.8 Å². The van der Waals surface area contributed by atoms with Crippen molar-refractivity contribution in [2.75, 3.05) is 25.6 Å². The Balaban J connectivity index is 1.11. The topological polar surface area (TPSA) is 155 Å². The summed E-state index contributed by atoms with van der Waals surface area (Å²) in [6, 6.07) is 13.1. The van der Waals surface area contributed by atoms with E-state index in [9.17, 15) is 24.0 Å². The van der Waals surface area contributed by atoms with E-state index in [0.717, 1.165) is 27.5 Å². The van der Waals surface area contributed by atoms with E-state index in [1.807, 2.05) is 43.3 Å². The Bertz CT molecular complexity index is 1820. The Morgan fingerprint density at radius 2 is 1.75 bits per heavy atom. The quantitative estimate of drug-likeness (QED) is 0.178. The van der Waals surface area contributed by atoms with E-state index in [-0.39, 0.29) is 76.4 Å². The number of H-pyrrole nitrogens is 1. The molecule has 11 nitrogen and oxygen atoms in total. The number of ether oxygens (including phenoxy) is 2. The number of carboxylic acid groups (broad SMARTS) is 1. The van der Waals surface area contributed by atoms with Gasteiger partial charge in [-0.2, -0.15) is 0 Å². The van der Waals surface area contributed by atoms with Crippen LogP contribution in [-0.2, 0) is 19.2 Å². The van der Waals surface area contributed by atoms with Crippen molar-refractivity contribution in [2.45, 2.75) is 55.2 Å². The number of nitrogens with one attached hydrogen (secondary N) is 2. The molecule has 2 aliphatic carbocycles. The van der Waals surface area contributed by atoms with Crippen LogP contribution < -0.4 is 19.7 Å². The number of rotatable bonds is 12. The molecule has 0 radical (unpaired) electrons. The second-order valence-electron chi connectivity index (χ2n) is 13.1. The predicted octanol–water partition coefficient (Wildman–Crippen LogP) is 4.89. The van der Waals surface area contributed by atoms with Gasteiger partial charge in [0.1, 0.15) is 0 Å². The lowest BCUT2D eigenvalue weighted by Crippen LogP contribution is -2.42.